The number of carbonyl (C=O) groups excluding carboxylic acids is 1. The molecule has 0 aliphatic heterocycles. The van der Waals surface area contributed by atoms with Crippen LogP contribution in [-0.2, 0) is 16.9 Å². The number of hydrogen-bond acceptors (Lipinski definition) is 4. The lowest BCUT2D eigenvalue weighted by atomic mass is 9.90. The van der Waals surface area contributed by atoms with E-state index < -0.39 is 41.0 Å². The third-order valence-electron chi connectivity index (χ3n) is 5.73. The van der Waals surface area contributed by atoms with Crippen LogP contribution < -0.4 is 16.6 Å². The van der Waals surface area contributed by atoms with Gasteiger partial charge in [0.1, 0.15) is 0 Å². The molecule has 1 atom stereocenters. The Labute approximate surface area is 195 Å². The Hall–Kier alpha value is -3.12. The highest BCUT2D eigenvalue weighted by molar-refractivity contribution is 6.08. The minimum atomic E-state index is -6.07. The van der Waals surface area contributed by atoms with E-state index in [4.69, 9.17) is 5.73 Å². The zero-order chi connectivity index (χ0) is 26.3. The summed E-state index contributed by atoms with van der Waals surface area (Å²) < 4.78 is 82.3. The standard InChI is InChI=1S/C23H23F6N3O3/c1-3-4-9-32-18-8-5-13(21(35,22(24,25)26)23(27,28)29)10-17(18)16-11-14(31-19(33)12(2)30)6-7-15(16)20(32)34/h5-8,10-12,35H,3-4,9,30H2,1-2H3,(H,31,33). The molecule has 1 aromatic heterocycles. The topological polar surface area (TPSA) is 97.4 Å². The number of fused-ring (bicyclic) bond motifs is 3. The number of anilines is 1. The SMILES string of the molecule is CCCCn1c(=O)c2ccc(NC(=O)C(C)N)cc2c2cc(C(O)(C(F)(F)F)C(F)(F)F)ccc21. The Morgan fingerprint density at radius 3 is 2.20 bits per heavy atom. The maximum atomic E-state index is 13.5. The number of rotatable bonds is 6. The molecule has 2 aromatic carbocycles. The molecule has 0 aliphatic rings. The van der Waals surface area contributed by atoms with Gasteiger partial charge in [-0.3, -0.25) is 9.59 Å². The summed E-state index contributed by atoms with van der Waals surface area (Å²) in [6, 6.07) is 5.12. The smallest absolute Gasteiger partial charge is 0.369 e. The lowest BCUT2D eigenvalue weighted by Crippen LogP contribution is -2.53. The molecule has 190 valence electrons. The van der Waals surface area contributed by atoms with Crippen LogP contribution in [0.2, 0.25) is 0 Å². The number of alkyl halides is 6. The molecule has 3 aromatic rings. The van der Waals surface area contributed by atoms with Crippen LogP contribution in [0.25, 0.3) is 21.7 Å². The van der Waals surface area contributed by atoms with Crippen molar-refractivity contribution < 1.29 is 36.2 Å². The molecule has 0 radical (unpaired) electrons. The monoisotopic (exact) mass is 503 g/mol. The molecule has 3 rings (SSSR count). The van der Waals surface area contributed by atoms with Crippen LogP contribution in [0.15, 0.2) is 41.2 Å². The molecule has 0 bridgehead atoms. The van der Waals surface area contributed by atoms with E-state index in [9.17, 15) is 41.0 Å². The summed E-state index contributed by atoms with van der Waals surface area (Å²) >= 11 is 0. The average molecular weight is 503 g/mol. The Morgan fingerprint density at radius 1 is 1.03 bits per heavy atom. The minimum absolute atomic E-state index is 0.00812. The highest BCUT2D eigenvalue weighted by Crippen LogP contribution is 2.50. The van der Waals surface area contributed by atoms with Crippen LogP contribution in [0.3, 0.4) is 0 Å². The minimum Gasteiger partial charge on any atom is -0.369 e. The van der Waals surface area contributed by atoms with Crippen molar-refractivity contribution in [3.8, 4) is 0 Å². The normalized spacial score (nSPS) is 13.9. The van der Waals surface area contributed by atoms with Crippen molar-refractivity contribution >= 4 is 33.3 Å². The van der Waals surface area contributed by atoms with Gasteiger partial charge < -0.3 is 20.7 Å². The van der Waals surface area contributed by atoms with Gasteiger partial charge >= 0.3 is 12.4 Å². The summed E-state index contributed by atoms with van der Waals surface area (Å²) in [6.45, 7) is 3.44. The number of unbranched alkanes of at least 4 members (excludes halogenated alkanes) is 1. The molecule has 1 amide bonds. The van der Waals surface area contributed by atoms with E-state index in [0.717, 1.165) is 6.07 Å². The second-order valence-corrected chi connectivity index (χ2v) is 8.29. The lowest BCUT2D eigenvalue weighted by Gasteiger charge is -2.33. The number of carbonyl (C=O) groups is 1. The molecule has 12 heteroatoms. The molecule has 0 saturated heterocycles. The molecule has 6 nitrogen and oxygen atoms in total. The number of amides is 1. The predicted octanol–water partition coefficient (Wildman–Crippen LogP) is 4.55. The number of aryl methyl sites for hydroxylation is 1. The van der Waals surface area contributed by atoms with Gasteiger partial charge in [-0.15, -0.1) is 0 Å². The fourth-order valence-electron chi connectivity index (χ4n) is 3.78. The first-order valence-corrected chi connectivity index (χ1v) is 10.7. The summed E-state index contributed by atoms with van der Waals surface area (Å²) in [5, 5.41) is 12.3. The number of pyridine rings is 1. The number of hydrogen-bond donors (Lipinski definition) is 3. The zero-order valence-electron chi connectivity index (χ0n) is 18.7. The number of aliphatic hydroxyl groups is 1. The molecule has 1 unspecified atom stereocenters. The average Bonchev–Trinajstić information content (AvgIpc) is 2.76. The molecule has 0 aliphatic carbocycles. The fourth-order valence-corrected chi connectivity index (χ4v) is 3.78. The number of aromatic nitrogens is 1. The second-order valence-electron chi connectivity index (χ2n) is 8.29. The van der Waals surface area contributed by atoms with E-state index in [1.54, 1.807) is 0 Å². The van der Waals surface area contributed by atoms with Crippen molar-refractivity contribution in [2.24, 2.45) is 5.73 Å². The third kappa shape index (κ3) is 4.59. The van der Waals surface area contributed by atoms with E-state index >= 15 is 0 Å². The van der Waals surface area contributed by atoms with Gasteiger partial charge in [-0.1, -0.05) is 19.4 Å². The van der Waals surface area contributed by atoms with E-state index in [0.29, 0.717) is 25.0 Å². The van der Waals surface area contributed by atoms with Crippen molar-refractivity contribution in [3.63, 3.8) is 0 Å². The van der Waals surface area contributed by atoms with Crippen LogP contribution >= 0.6 is 0 Å². The Balaban J connectivity index is 2.41. The van der Waals surface area contributed by atoms with E-state index in [-0.39, 0.29) is 33.9 Å². The van der Waals surface area contributed by atoms with Crippen molar-refractivity contribution in [3.05, 3.63) is 52.3 Å². The van der Waals surface area contributed by atoms with Gasteiger partial charge in [0.05, 0.1) is 11.6 Å². The van der Waals surface area contributed by atoms with Crippen molar-refractivity contribution in [1.29, 1.82) is 0 Å². The first kappa shape index (κ1) is 26.5. The summed E-state index contributed by atoms with van der Waals surface area (Å²) in [6.07, 6.45) is -10.9. The quantitative estimate of drug-likeness (QED) is 0.340. The van der Waals surface area contributed by atoms with Gasteiger partial charge in [0, 0.05) is 28.6 Å². The first-order chi connectivity index (χ1) is 16.1. The van der Waals surface area contributed by atoms with E-state index in [1.165, 1.54) is 29.7 Å². The number of nitrogens with one attached hydrogen (secondary N) is 1. The van der Waals surface area contributed by atoms with Crippen LogP contribution in [0.4, 0.5) is 32.0 Å². The van der Waals surface area contributed by atoms with Gasteiger partial charge in [0.2, 0.25) is 5.91 Å². The molecule has 1 heterocycles. The Kier molecular flexibility index (Phi) is 6.93. The third-order valence-corrected chi connectivity index (χ3v) is 5.73. The van der Waals surface area contributed by atoms with Gasteiger partial charge in [-0.2, -0.15) is 26.3 Å². The van der Waals surface area contributed by atoms with Crippen LogP contribution in [0.5, 0.6) is 0 Å². The van der Waals surface area contributed by atoms with Gasteiger partial charge in [-0.05, 0) is 49.1 Å². The van der Waals surface area contributed by atoms with Crippen molar-refractivity contribution in [2.75, 3.05) is 5.32 Å². The van der Waals surface area contributed by atoms with E-state index in [2.05, 4.69) is 5.32 Å². The largest absolute Gasteiger partial charge is 0.430 e. The molecular formula is C23H23F6N3O3. The van der Waals surface area contributed by atoms with Crippen LogP contribution in [-0.4, -0.2) is 34.0 Å². The molecule has 0 saturated carbocycles. The number of nitrogens with two attached hydrogens (primary N) is 1. The zero-order valence-corrected chi connectivity index (χ0v) is 18.7. The summed E-state index contributed by atoms with van der Waals surface area (Å²) in [5.74, 6) is -0.589. The second kappa shape index (κ2) is 9.15. The van der Waals surface area contributed by atoms with Gasteiger partial charge in [0.15, 0.2) is 0 Å². The summed E-state index contributed by atoms with van der Waals surface area (Å²) in [7, 11) is 0. The van der Waals surface area contributed by atoms with E-state index in [1.807, 2.05) is 6.92 Å². The highest BCUT2D eigenvalue weighted by atomic mass is 19.4. The summed E-state index contributed by atoms with van der Waals surface area (Å²) in [5.41, 5.74) is -1.34. The molecule has 35 heavy (non-hydrogen) atoms. The van der Waals surface area contributed by atoms with Crippen molar-refractivity contribution in [1.82, 2.24) is 4.57 Å². The molecule has 0 spiro atoms. The lowest BCUT2D eigenvalue weighted by molar-refractivity contribution is -0.376. The van der Waals surface area contributed by atoms with Gasteiger partial charge in [0.25, 0.3) is 11.2 Å². The number of benzene rings is 2. The van der Waals surface area contributed by atoms with Gasteiger partial charge in [-0.25, -0.2) is 0 Å². The predicted molar refractivity (Wildman–Crippen MR) is 119 cm³/mol. The Morgan fingerprint density at radius 2 is 1.66 bits per heavy atom. The molecular weight excluding hydrogens is 480 g/mol. The fraction of sp³-hybridized carbons (Fsp3) is 0.391. The maximum absolute atomic E-state index is 13.5. The summed E-state index contributed by atoms with van der Waals surface area (Å²) in [4.78, 5) is 25.1. The van der Waals surface area contributed by atoms with Crippen LogP contribution in [0, 0.1) is 0 Å². The maximum Gasteiger partial charge on any atom is 0.430 e. The van der Waals surface area contributed by atoms with Crippen molar-refractivity contribution in [2.45, 2.75) is 57.2 Å². The van der Waals surface area contributed by atoms with Crippen LogP contribution in [0.1, 0.15) is 32.3 Å². The molecule has 0 fully saturated rings. The molecule has 4 N–H and O–H groups in total. The Bertz CT molecular complexity index is 1310. The first-order valence-electron chi connectivity index (χ1n) is 10.7. The number of nitrogens with zero attached hydrogens (tertiary/aromatic N) is 1. The highest BCUT2D eigenvalue weighted by Gasteiger charge is 2.71. The number of halogens is 6.